The summed E-state index contributed by atoms with van der Waals surface area (Å²) in [6.07, 6.45) is 5.23. The molecule has 2 fully saturated rings. The molecule has 170 valence electrons. The summed E-state index contributed by atoms with van der Waals surface area (Å²) in [5, 5.41) is 0. The fraction of sp³-hybridized carbons (Fsp3) is 0.667. The first-order chi connectivity index (χ1) is 14.5. The predicted molar refractivity (Wildman–Crippen MR) is 123 cm³/mol. The molecule has 31 heavy (non-hydrogen) atoms. The summed E-state index contributed by atoms with van der Waals surface area (Å²) >= 11 is 0. The minimum Gasteiger partial charge on any atom is -0.444 e. The van der Waals surface area contributed by atoms with Crippen molar-refractivity contribution in [1.29, 1.82) is 0 Å². The Kier molecular flexibility index (Phi) is 5.66. The van der Waals surface area contributed by atoms with Gasteiger partial charge in [-0.2, -0.15) is 0 Å². The van der Waals surface area contributed by atoms with Crippen LogP contribution in [-0.4, -0.2) is 60.0 Å². The molecular weight excluding hydrogens is 392 g/mol. The molecule has 2 unspecified atom stereocenters. The molecule has 0 spiro atoms. The lowest BCUT2D eigenvalue weighted by molar-refractivity contribution is -0.0666. The fourth-order valence-electron chi connectivity index (χ4n) is 4.65. The lowest BCUT2D eigenvalue weighted by Gasteiger charge is -2.49. The highest BCUT2D eigenvalue weighted by Gasteiger charge is 2.43. The Hall–Kier alpha value is -2.28. The number of pyridine rings is 1. The number of morpholine rings is 1. The van der Waals surface area contributed by atoms with Crippen molar-refractivity contribution in [2.75, 3.05) is 36.9 Å². The normalized spacial score (nSPS) is 25.8. The van der Waals surface area contributed by atoms with Gasteiger partial charge in [-0.1, -0.05) is 19.9 Å². The van der Waals surface area contributed by atoms with E-state index in [-0.39, 0.29) is 18.2 Å². The van der Waals surface area contributed by atoms with Crippen LogP contribution in [-0.2, 0) is 9.47 Å². The molecule has 2 aliphatic heterocycles. The van der Waals surface area contributed by atoms with Gasteiger partial charge in [0.05, 0.1) is 36.7 Å². The van der Waals surface area contributed by atoms with Gasteiger partial charge in [0.1, 0.15) is 11.4 Å². The van der Waals surface area contributed by atoms with Gasteiger partial charge in [-0.25, -0.2) is 9.78 Å². The van der Waals surface area contributed by atoms with E-state index in [1.807, 2.05) is 37.8 Å². The van der Waals surface area contributed by atoms with Crippen LogP contribution in [0.1, 0.15) is 59.6 Å². The smallest absolute Gasteiger partial charge is 0.411 e. The van der Waals surface area contributed by atoms with Gasteiger partial charge in [0.15, 0.2) is 0 Å². The van der Waals surface area contributed by atoms with Crippen molar-refractivity contribution in [2.45, 2.75) is 71.6 Å². The quantitative estimate of drug-likeness (QED) is 0.764. The minimum atomic E-state index is -0.515. The Morgan fingerprint density at radius 3 is 2.48 bits per heavy atom. The maximum absolute atomic E-state index is 12.8. The molecule has 0 aromatic carbocycles. The van der Waals surface area contributed by atoms with Crippen molar-refractivity contribution in [3.63, 3.8) is 0 Å². The largest absolute Gasteiger partial charge is 0.444 e. The van der Waals surface area contributed by atoms with Crippen LogP contribution in [0.4, 0.5) is 16.3 Å². The maximum atomic E-state index is 12.8. The van der Waals surface area contributed by atoms with Gasteiger partial charge in [0.2, 0.25) is 0 Å². The highest BCUT2D eigenvalue weighted by Crippen LogP contribution is 2.39. The number of piperazine rings is 1. The van der Waals surface area contributed by atoms with Gasteiger partial charge in [0, 0.05) is 13.1 Å². The highest BCUT2D eigenvalue weighted by molar-refractivity contribution is 5.74. The second kappa shape index (κ2) is 8.01. The number of rotatable bonds is 2. The van der Waals surface area contributed by atoms with Gasteiger partial charge in [-0.3, -0.25) is 4.90 Å². The molecule has 0 saturated carbocycles. The molecule has 2 bridgehead atoms. The molecule has 3 aliphatic rings. The van der Waals surface area contributed by atoms with Crippen LogP contribution in [0.5, 0.6) is 0 Å². The van der Waals surface area contributed by atoms with Gasteiger partial charge >= 0.3 is 6.09 Å². The van der Waals surface area contributed by atoms with Gasteiger partial charge in [0.25, 0.3) is 0 Å². The number of nitrogen functional groups attached to an aromatic ring is 1. The Balaban J connectivity index is 1.54. The van der Waals surface area contributed by atoms with Crippen LogP contribution < -0.4 is 10.6 Å². The number of aromatic nitrogens is 1. The molecule has 2 saturated heterocycles. The van der Waals surface area contributed by atoms with E-state index in [2.05, 4.69) is 24.8 Å². The first-order valence-electron chi connectivity index (χ1n) is 11.3. The summed E-state index contributed by atoms with van der Waals surface area (Å²) in [5.74, 6) is 0.913. The first-order valence-corrected chi connectivity index (χ1v) is 11.3. The summed E-state index contributed by atoms with van der Waals surface area (Å²) in [4.78, 5) is 21.9. The summed E-state index contributed by atoms with van der Waals surface area (Å²) < 4.78 is 11.4. The molecule has 7 heteroatoms. The number of hydrogen-bond donors (Lipinski definition) is 1. The minimum absolute atomic E-state index is 0.0557. The lowest BCUT2D eigenvalue weighted by atomic mass is 9.77. The average molecular weight is 429 g/mol. The Morgan fingerprint density at radius 1 is 1.23 bits per heavy atom. The van der Waals surface area contributed by atoms with E-state index in [9.17, 15) is 4.79 Å². The van der Waals surface area contributed by atoms with Crippen molar-refractivity contribution in [3.05, 3.63) is 23.9 Å². The summed E-state index contributed by atoms with van der Waals surface area (Å²) in [6.45, 7) is 12.6. The SMILES string of the molecule is CC1(C)CC=C(c2nc(N3CC4COCC(C3)N4C(=O)OC(C)(C)C)ccc2N)CC1. The second-order valence-electron chi connectivity index (χ2n) is 10.8. The zero-order chi connectivity index (χ0) is 22.4. The van der Waals surface area contributed by atoms with E-state index in [0.717, 1.165) is 36.5 Å². The summed E-state index contributed by atoms with van der Waals surface area (Å²) in [7, 11) is 0. The molecule has 1 aromatic rings. The number of amides is 1. The molecular formula is C24H36N4O3. The number of hydrogen-bond acceptors (Lipinski definition) is 6. The van der Waals surface area contributed by atoms with Crippen LogP contribution in [0.15, 0.2) is 18.2 Å². The van der Waals surface area contributed by atoms with Gasteiger partial charge < -0.3 is 20.1 Å². The molecule has 1 amide bonds. The predicted octanol–water partition coefficient (Wildman–Crippen LogP) is 4.08. The zero-order valence-corrected chi connectivity index (χ0v) is 19.5. The van der Waals surface area contributed by atoms with Crippen LogP contribution in [0.3, 0.4) is 0 Å². The molecule has 3 heterocycles. The van der Waals surface area contributed by atoms with Crippen LogP contribution in [0, 0.1) is 5.41 Å². The molecule has 4 rings (SSSR count). The molecule has 0 radical (unpaired) electrons. The number of allylic oxidation sites excluding steroid dienone is 2. The molecule has 2 atom stereocenters. The van der Waals surface area contributed by atoms with E-state index in [1.165, 1.54) is 5.57 Å². The Labute approximate surface area is 185 Å². The summed E-state index contributed by atoms with van der Waals surface area (Å²) in [6, 6.07) is 3.84. The average Bonchev–Trinajstić information content (AvgIpc) is 2.66. The van der Waals surface area contributed by atoms with E-state index >= 15 is 0 Å². The number of carbonyl (C=O) groups is 1. The standard InChI is InChI=1S/C24H36N4O3/c1-23(2,3)31-22(29)28-17-12-27(13-18(28)15-30-14-17)20-7-6-19(25)21(26-20)16-8-10-24(4,5)11-9-16/h6-8,17-18H,9-15,25H2,1-5H3. The molecule has 1 aromatic heterocycles. The monoisotopic (exact) mass is 428 g/mol. The topological polar surface area (TPSA) is 80.9 Å². The van der Waals surface area contributed by atoms with Gasteiger partial charge in [-0.15, -0.1) is 0 Å². The van der Waals surface area contributed by atoms with E-state index in [0.29, 0.717) is 31.7 Å². The summed E-state index contributed by atoms with van der Waals surface area (Å²) in [5.41, 5.74) is 9.02. The third-order valence-corrected chi connectivity index (χ3v) is 6.39. The van der Waals surface area contributed by atoms with Crippen LogP contribution in [0.2, 0.25) is 0 Å². The van der Waals surface area contributed by atoms with Crippen molar-refractivity contribution in [3.8, 4) is 0 Å². The van der Waals surface area contributed by atoms with Crippen molar-refractivity contribution < 1.29 is 14.3 Å². The maximum Gasteiger partial charge on any atom is 0.411 e. The number of anilines is 2. The number of nitrogens with zero attached hydrogens (tertiary/aromatic N) is 3. The lowest BCUT2D eigenvalue weighted by Crippen LogP contribution is -2.66. The fourth-order valence-corrected chi connectivity index (χ4v) is 4.65. The Bertz CT molecular complexity index is 860. The van der Waals surface area contributed by atoms with E-state index < -0.39 is 5.60 Å². The first kappa shape index (κ1) is 21.9. The van der Waals surface area contributed by atoms with Gasteiger partial charge in [-0.05, 0) is 63.2 Å². The van der Waals surface area contributed by atoms with Crippen LogP contribution >= 0.6 is 0 Å². The number of ether oxygens (including phenoxy) is 2. The number of fused-ring (bicyclic) bond motifs is 2. The highest BCUT2D eigenvalue weighted by atomic mass is 16.6. The third kappa shape index (κ3) is 4.81. The molecule has 1 aliphatic carbocycles. The van der Waals surface area contributed by atoms with Crippen molar-refractivity contribution in [2.24, 2.45) is 5.41 Å². The molecule has 2 N–H and O–H groups in total. The van der Waals surface area contributed by atoms with Crippen molar-refractivity contribution in [1.82, 2.24) is 9.88 Å². The molecule has 7 nitrogen and oxygen atoms in total. The van der Waals surface area contributed by atoms with Crippen LogP contribution in [0.25, 0.3) is 5.57 Å². The van der Waals surface area contributed by atoms with E-state index in [1.54, 1.807) is 0 Å². The van der Waals surface area contributed by atoms with E-state index in [4.69, 9.17) is 20.2 Å². The number of nitrogens with two attached hydrogens (primary N) is 1. The Morgan fingerprint density at radius 2 is 1.90 bits per heavy atom. The zero-order valence-electron chi connectivity index (χ0n) is 19.5. The van der Waals surface area contributed by atoms with Crippen molar-refractivity contribution >= 4 is 23.2 Å². The number of carbonyl (C=O) groups excluding carboxylic acids is 1. The second-order valence-corrected chi connectivity index (χ2v) is 10.8. The third-order valence-electron chi connectivity index (χ3n) is 6.39.